The fourth-order valence-electron chi connectivity index (χ4n) is 4.02. The fraction of sp³-hybridized carbons (Fsp3) is 0.778. The van der Waals surface area contributed by atoms with Crippen molar-refractivity contribution in [3.05, 3.63) is 17.5 Å². The third kappa shape index (κ3) is 3.81. The molecule has 1 saturated heterocycles. The maximum atomic E-state index is 12.7. The SMILES string of the molecule is CCC(CO)N1CCN(C(=O)c2cc(C3CCCCC3)[nH]n2)CC1. The summed E-state index contributed by atoms with van der Waals surface area (Å²) in [4.78, 5) is 16.9. The molecule has 6 heteroatoms. The van der Waals surface area contributed by atoms with Crippen LogP contribution in [0.1, 0.15) is 67.5 Å². The standard InChI is InChI=1S/C18H30N4O2/c1-2-15(13-23)21-8-10-22(11-9-21)18(24)17-12-16(19-20-17)14-6-4-3-5-7-14/h12,14-15,23H,2-11,13H2,1H3,(H,19,20). The number of H-pyrrole nitrogens is 1. The lowest BCUT2D eigenvalue weighted by Gasteiger charge is -2.38. The van der Waals surface area contributed by atoms with Crippen LogP contribution in [0.2, 0.25) is 0 Å². The molecule has 1 aromatic rings. The third-order valence-electron chi connectivity index (χ3n) is 5.66. The number of piperazine rings is 1. The zero-order valence-electron chi connectivity index (χ0n) is 14.7. The van der Waals surface area contributed by atoms with Crippen LogP contribution in [0.3, 0.4) is 0 Å². The van der Waals surface area contributed by atoms with E-state index < -0.39 is 0 Å². The zero-order valence-corrected chi connectivity index (χ0v) is 14.7. The fourth-order valence-corrected chi connectivity index (χ4v) is 4.02. The largest absolute Gasteiger partial charge is 0.395 e. The Morgan fingerprint density at radius 3 is 2.62 bits per heavy atom. The Morgan fingerprint density at radius 2 is 2.00 bits per heavy atom. The number of aromatic nitrogens is 2. The summed E-state index contributed by atoms with van der Waals surface area (Å²) in [5.74, 6) is 0.574. The summed E-state index contributed by atoms with van der Waals surface area (Å²) in [7, 11) is 0. The van der Waals surface area contributed by atoms with Gasteiger partial charge in [0.25, 0.3) is 5.91 Å². The Morgan fingerprint density at radius 1 is 1.29 bits per heavy atom. The van der Waals surface area contributed by atoms with E-state index >= 15 is 0 Å². The molecule has 2 fully saturated rings. The summed E-state index contributed by atoms with van der Waals surface area (Å²) in [5, 5.41) is 16.8. The number of aliphatic hydroxyl groups is 1. The number of carbonyl (C=O) groups is 1. The van der Waals surface area contributed by atoms with Crippen molar-refractivity contribution in [3.8, 4) is 0 Å². The minimum Gasteiger partial charge on any atom is -0.395 e. The molecule has 1 amide bonds. The second kappa shape index (κ2) is 8.12. The second-order valence-electron chi connectivity index (χ2n) is 7.12. The molecule has 1 aliphatic heterocycles. The summed E-state index contributed by atoms with van der Waals surface area (Å²) >= 11 is 0. The van der Waals surface area contributed by atoms with Crippen LogP contribution in [0.5, 0.6) is 0 Å². The smallest absolute Gasteiger partial charge is 0.274 e. The van der Waals surface area contributed by atoms with Crippen molar-refractivity contribution in [1.29, 1.82) is 0 Å². The van der Waals surface area contributed by atoms with Crippen LogP contribution < -0.4 is 0 Å². The Labute approximate surface area is 144 Å². The van der Waals surface area contributed by atoms with E-state index in [1.165, 1.54) is 32.1 Å². The van der Waals surface area contributed by atoms with E-state index in [-0.39, 0.29) is 18.6 Å². The van der Waals surface area contributed by atoms with Crippen LogP contribution in [-0.2, 0) is 0 Å². The van der Waals surface area contributed by atoms with Gasteiger partial charge in [0.2, 0.25) is 0 Å². The highest BCUT2D eigenvalue weighted by Gasteiger charge is 2.27. The molecule has 0 bridgehead atoms. The van der Waals surface area contributed by atoms with Crippen molar-refractivity contribution in [2.45, 2.75) is 57.4 Å². The molecule has 1 atom stereocenters. The normalized spacial score (nSPS) is 21.8. The first-order chi connectivity index (χ1) is 11.7. The molecule has 0 aromatic carbocycles. The van der Waals surface area contributed by atoms with Gasteiger partial charge in [0, 0.05) is 43.8 Å². The number of hydrogen-bond donors (Lipinski definition) is 2. The molecule has 2 aliphatic rings. The lowest BCUT2D eigenvalue weighted by Crippen LogP contribution is -2.52. The Hall–Kier alpha value is -1.40. The summed E-state index contributed by atoms with van der Waals surface area (Å²) < 4.78 is 0. The molecule has 1 aromatic heterocycles. The van der Waals surface area contributed by atoms with Crippen molar-refractivity contribution in [3.63, 3.8) is 0 Å². The van der Waals surface area contributed by atoms with Gasteiger partial charge in [-0.2, -0.15) is 5.10 Å². The van der Waals surface area contributed by atoms with Gasteiger partial charge in [-0.3, -0.25) is 14.8 Å². The summed E-state index contributed by atoms with van der Waals surface area (Å²) in [6.45, 7) is 5.35. The molecular weight excluding hydrogens is 304 g/mol. The summed E-state index contributed by atoms with van der Waals surface area (Å²) in [6.07, 6.45) is 7.22. The lowest BCUT2D eigenvalue weighted by molar-refractivity contribution is 0.0468. The third-order valence-corrected chi connectivity index (χ3v) is 5.66. The topological polar surface area (TPSA) is 72.5 Å². The molecule has 0 radical (unpaired) electrons. The van der Waals surface area contributed by atoms with Crippen molar-refractivity contribution in [2.75, 3.05) is 32.8 Å². The summed E-state index contributed by atoms with van der Waals surface area (Å²) in [6, 6.07) is 2.18. The van der Waals surface area contributed by atoms with E-state index in [1.54, 1.807) is 0 Å². The van der Waals surface area contributed by atoms with Crippen LogP contribution in [0.15, 0.2) is 6.07 Å². The van der Waals surface area contributed by atoms with Crippen molar-refractivity contribution in [2.24, 2.45) is 0 Å². The quantitative estimate of drug-likeness (QED) is 0.864. The number of nitrogens with one attached hydrogen (secondary N) is 1. The van der Waals surface area contributed by atoms with Gasteiger partial charge < -0.3 is 10.0 Å². The van der Waals surface area contributed by atoms with Crippen molar-refractivity contribution >= 4 is 5.91 Å². The highest BCUT2D eigenvalue weighted by Crippen LogP contribution is 2.31. The minimum absolute atomic E-state index is 0.0324. The Bertz CT molecular complexity index is 527. The van der Waals surface area contributed by atoms with E-state index in [1.807, 2.05) is 11.0 Å². The maximum Gasteiger partial charge on any atom is 0.274 e. The molecule has 1 saturated carbocycles. The Balaban J connectivity index is 1.56. The average molecular weight is 334 g/mol. The number of aromatic amines is 1. The van der Waals surface area contributed by atoms with Crippen molar-refractivity contribution < 1.29 is 9.90 Å². The van der Waals surface area contributed by atoms with E-state index in [4.69, 9.17) is 0 Å². The molecule has 0 spiro atoms. The molecule has 1 aliphatic carbocycles. The first kappa shape index (κ1) is 17.4. The van der Waals surface area contributed by atoms with Gasteiger partial charge in [-0.25, -0.2) is 0 Å². The van der Waals surface area contributed by atoms with E-state index in [9.17, 15) is 9.90 Å². The van der Waals surface area contributed by atoms with Gasteiger partial charge in [-0.1, -0.05) is 26.2 Å². The van der Waals surface area contributed by atoms with Gasteiger partial charge in [0.05, 0.1) is 6.61 Å². The average Bonchev–Trinajstić information content (AvgIpc) is 3.14. The predicted octanol–water partition coefficient (Wildman–Crippen LogP) is 1.99. The molecule has 1 unspecified atom stereocenters. The molecule has 6 nitrogen and oxygen atoms in total. The minimum atomic E-state index is 0.0324. The van der Waals surface area contributed by atoms with Gasteiger partial charge in [-0.05, 0) is 25.3 Å². The molecule has 24 heavy (non-hydrogen) atoms. The van der Waals surface area contributed by atoms with E-state index in [0.717, 1.165) is 25.2 Å². The second-order valence-corrected chi connectivity index (χ2v) is 7.12. The van der Waals surface area contributed by atoms with Crippen molar-refractivity contribution in [1.82, 2.24) is 20.0 Å². The highest BCUT2D eigenvalue weighted by atomic mass is 16.3. The maximum absolute atomic E-state index is 12.7. The van der Waals surface area contributed by atoms with Crippen LogP contribution in [0.4, 0.5) is 0 Å². The zero-order chi connectivity index (χ0) is 16.9. The first-order valence-corrected chi connectivity index (χ1v) is 9.42. The molecular formula is C18H30N4O2. The molecule has 134 valence electrons. The molecule has 2 heterocycles. The summed E-state index contributed by atoms with van der Waals surface area (Å²) in [5.41, 5.74) is 1.68. The number of nitrogens with zero attached hydrogens (tertiary/aromatic N) is 3. The van der Waals surface area contributed by atoms with Crippen LogP contribution in [0, 0.1) is 0 Å². The van der Waals surface area contributed by atoms with Gasteiger partial charge in [0.15, 0.2) is 0 Å². The number of rotatable bonds is 5. The molecule has 3 rings (SSSR count). The highest BCUT2D eigenvalue weighted by molar-refractivity contribution is 5.92. The van der Waals surface area contributed by atoms with Gasteiger partial charge >= 0.3 is 0 Å². The van der Waals surface area contributed by atoms with Crippen LogP contribution in [0.25, 0.3) is 0 Å². The number of carbonyl (C=O) groups excluding carboxylic acids is 1. The number of aliphatic hydroxyl groups excluding tert-OH is 1. The molecule has 2 N–H and O–H groups in total. The predicted molar refractivity (Wildman–Crippen MR) is 93.1 cm³/mol. The van der Waals surface area contributed by atoms with E-state index in [0.29, 0.717) is 24.7 Å². The first-order valence-electron chi connectivity index (χ1n) is 9.42. The number of amides is 1. The van der Waals surface area contributed by atoms with E-state index in [2.05, 4.69) is 22.0 Å². The van der Waals surface area contributed by atoms with Crippen LogP contribution >= 0.6 is 0 Å². The lowest BCUT2D eigenvalue weighted by atomic mass is 9.87. The van der Waals surface area contributed by atoms with Crippen LogP contribution in [-0.4, -0.2) is 69.8 Å². The van der Waals surface area contributed by atoms with Gasteiger partial charge in [0.1, 0.15) is 5.69 Å². The monoisotopic (exact) mass is 334 g/mol. The van der Waals surface area contributed by atoms with Gasteiger partial charge in [-0.15, -0.1) is 0 Å². The Kier molecular flexibility index (Phi) is 5.89. The number of hydrogen-bond acceptors (Lipinski definition) is 4.